The summed E-state index contributed by atoms with van der Waals surface area (Å²) in [5, 5.41) is 1.24. The standard InChI is InChI=1S/C11H13Cl2NOS/c12-9-4-7(14)5-10(13)11(9)16-6-8-2-1-3-15-8/h4-5,8H,1-3,6,14H2. The molecule has 0 radical (unpaired) electrons. The maximum absolute atomic E-state index is 6.09. The van der Waals surface area contributed by atoms with Gasteiger partial charge in [-0.3, -0.25) is 0 Å². The first-order chi connectivity index (χ1) is 7.66. The molecule has 1 aliphatic heterocycles. The molecule has 1 atom stereocenters. The van der Waals surface area contributed by atoms with Crippen molar-refractivity contribution in [3.8, 4) is 0 Å². The van der Waals surface area contributed by atoms with E-state index in [0.717, 1.165) is 30.1 Å². The molecular weight excluding hydrogens is 265 g/mol. The minimum atomic E-state index is 0.328. The van der Waals surface area contributed by atoms with Gasteiger partial charge in [-0.25, -0.2) is 0 Å². The van der Waals surface area contributed by atoms with E-state index in [9.17, 15) is 0 Å². The summed E-state index contributed by atoms with van der Waals surface area (Å²) in [6.07, 6.45) is 2.60. The Morgan fingerprint density at radius 1 is 1.38 bits per heavy atom. The first-order valence-corrected chi connectivity index (χ1v) is 6.90. The normalized spacial score (nSPS) is 20.2. The second-order valence-corrected chi connectivity index (χ2v) is 5.60. The van der Waals surface area contributed by atoms with Gasteiger partial charge in [-0.05, 0) is 25.0 Å². The van der Waals surface area contributed by atoms with Crippen molar-refractivity contribution in [2.45, 2.75) is 23.8 Å². The van der Waals surface area contributed by atoms with Crippen LogP contribution in [0.4, 0.5) is 5.69 Å². The molecule has 0 saturated carbocycles. The van der Waals surface area contributed by atoms with Crippen LogP contribution in [0.5, 0.6) is 0 Å². The van der Waals surface area contributed by atoms with Crippen LogP contribution < -0.4 is 5.73 Å². The van der Waals surface area contributed by atoms with E-state index in [0.29, 0.717) is 21.8 Å². The predicted octanol–water partition coefficient (Wildman–Crippen LogP) is 3.85. The van der Waals surface area contributed by atoms with Crippen LogP contribution >= 0.6 is 35.0 Å². The lowest BCUT2D eigenvalue weighted by Crippen LogP contribution is -2.07. The molecule has 0 bridgehead atoms. The van der Waals surface area contributed by atoms with Gasteiger partial charge in [0.25, 0.3) is 0 Å². The van der Waals surface area contributed by atoms with Crippen LogP contribution in [0.25, 0.3) is 0 Å². The monoisotopic (exact) mass is 277 g/mol. The van der Waals surface area contributed by atoms with E-state index < -0.39 is 0 Å². The Labute approximate surface area is 109 Å². The number of hydrogen-bond acceptors (Lipinski definition) is 3. The minimum Gasteiger partial charge on any atom is -0.399 e. The summed E-state index contributed by atoms with van der Waals surface area (Å²) in [5.41, 5.74) is 6.24. The number of benzene rings is 1. The molecule has 0 amide bonds. The Bertz CT molecular complexity index is 357. The van der Waals surface area contributed by atoms with Crippen molar-refractivity contribution >= 4 is 40.7 Å². The van der Waals surface area contributed by atoms with Crippen LogP contribution in [-0.4, -0.2) is 18.5 Å². The van der Waals surface area contributed by atoms with Crippen molar-refractivity contribution in [1.82, 2.24) is 0 Å². The number of nitrogens with two attached hydrogens (primary N) is 1. The van der Waals surface area contributed by atoms with Crippen LogP contribution in [-0.2, 0) is 4.74 Å². The molecule has 1 unspecified atom stereocenters. The molecule has 1 heterocycles. The summed E-state index contributed by atoms with van der Waals surface area (Å²) in [5.74, 6) is 0.892. The third kappa shape index (κ3) is 2.98. The smallest absolute Gasteiger partial charge is 0.0669 e. The maximum atomic E-state index is 6.09. The lowest BCUT2D eigenvalue weighted by Gasteiger charge is -2.11. The summed E-state index contributed by atoms with van der Waals surface area (Å²) in [6, 6.07) is 3.45. The molecule has 1 aromatic rings. The Morgan fingerprint density at radius 2 is 2.06 bits per heavy atom. The van der Waals surface area contributed by atoms with E-state index in [4.69, 9.17) is 33.7 Å². The Hall–Kier alpha value is -0.0900. The van der Waals surface area contributed by atoms with E-state index in [1.54, 1.807) is 23.9 Å². The molecule has 2 N–H and O–H groups in total. The van der Waals surface area contributed by atoms with Gasteiger partial charge in [-0.15, -0.1) is 11.8 Å². The van der Waals surface area contributed by atoms with Gasteiger partial charge in [0.15, 0.2) is 0 Å². The third-order valence-corrected chi connectivity index (χ3v) is 4.55. The fourth-order valence-electron chi connectivity index (χ4n) is 1.67. The van der Waals surface area contributed by atoms with Gasteiger partial charge in [0.05, 0.1) is 16.1 Å². The predicted molar refractivity (Wildman–Crippen MR) is 70.6 cm³/mol. The second-order valence-electron chi connectivity index (χ2n) is 3.76. The number of nitrogen functional groups attached to an aromatic ring is 1. The molecule has 1 aromatic carbocycles. The molecule has 1 fully saturated rings. The fraction of sp³-hybridized carbons (Fsp3) is 0.455. The van der Waals surface area contributed by atoms with Crippen molar-refractivity contribution < 1.29 is 4.74 Å². The zero-order valence-electron chi connectivity index (χ0n) is 8.71. The van der Waals surface area contributed by atoms with Crippen molar-refractivity contribution in [2.75, 3.05) is 18.1 Å². The lowest BCUT2D eigenvalue weighted by molar-refractivity contribution is 0.129. The lowest BCUT2D eigenvalue weighted by atomic mass is 10.3. The highest BCUT2D eigenvalue weighted by atomic mass is 35.5. The highest BCUT2D eigenvalue weighted by Crippen LogP contribution is 2.37. The van der Waals surface area contributed by atoms with Crippen LogP contribution in [0.2, 0.25) is 10.0 Å². The Balaban J connectivity index is 2.03. The van der Waals surface area contributed by atoms with Crippen molar-refractivity contribution in [3.63, 3.8) is 0 Å². The molecule has 2 nitrogen and oxygen atoms in total. The SMILES string of the molecule is Nc1cc(Cl)c(SCC2CCCO2)c(Cl)c1. The zero-order chi connectivity index (χ0) is 11.5. The number of halogens is 2. The van der Waals surface area contributed by atoms with E-state index in [1.165, 1.54) is 0 Å². The van der Waals surface area contributed by atoms with Gasteiger partial charge in [-0.1, -0.05) is 23.2 Å². The molecule has 5 heteroatoms. The average Bonchev–Trinajstić information content (AvgIpc) is 2.68. The number of rotatable bonds is 3. The summed E-state index contributed by atoms with van der Waals surface area (Å²) in [7, 11) is 0. The van der Waals surface area contributed by atoms with Gasteiger partial charge in [0, 0.05) is 22.9 Å². The van der Waals surface area contributed by atoms with Crippen molar-refractivity contribution in [2.24, 2.45) is 0 Å². The van der Waals surface area contributed by atoms with Gasteiger partial charge in [0.2, 0.25) is 0 Å². The summed E-state index contributed by atoms with van der Waals surface area (Å²) < 4.78 is 5.55. The summed E-state index contributed by atoms with van der Waals surface area (Å²) in [4.78, 5) is 0.896. The van der Waals surface area contributed by atoms with Crippen LogP contribution in [0.1, 0.15) is 12.8 Å². The molecule has 1 aliphatic rings. The highest BCUT2D eigenvalue weighted by Gasteiger charge is 2.17. The maximum Gasteiger partial charge on any atom is 0.0669 e. The third-order valence-electron chi connectivity index (χ3n) is 2.46. The van der Waals surface area contributed by atoms with Gasteiger partial charge in [0.1, 0.15) is 0 Å². The van der Waals surface area contributed by atoms with Crippen LogP contribution in [0, 0.1) is 0 Å². The first kappa shape index (κ1) is 12.4. The second kappa shape index (κ2) is 5.50. The minimum absolute atomic E-state index is 0.328. The molecule has 2 rings (SSSR count). The topological polar surface area (TPSA) is 35.2 Å². The Morgan fingerprint density at radius 3 is 2.62 bits per heavy atom. The first-order valence-electron chi connectivity index (χ1n) is 5.16. The molecular formula is C11H13Cl2NOS. The molecule has 16 heavy (non-hydrogen) atoms. The van der Waals surface area contributed by atoms with E-state index in [-0.39, 0.29) is 0 Å². The zero-order valence-corrected chi connectivity index (χ0v) is 11.0. The molecule has 88 valence electrons. The van der Waals surface area contributed by atoms with Gasteiger partial charge in [-0.2, -0.15) is 0 Å². The number of anilines is 1. The molecule has 0 aromatic heterocycles. The van der Waals surface area contributed by atoms with Crippen molar-refractivity contribution in [1.29, 1.82) is 0 Å². The van der Waals surface area contributed by atoms with Crippen LogP contribution in [0.3, 0.4) is 0 Å². The summed E-state index contributed by atoms with van der Waals surface area (Å²) >= 11 is 13.8. The molecule has 1 saturated heterocycles. The van der Waals surface area contributed by atoms with Gasteiger partial charge < -0.3 is 10.5 Å². The molecule has 0 spiro atoms. The van der Waals surface area contributed by atoms with Crippen molar-refractivity contribution in [3.05, 3.63) is 22.2 Å². The van der Waals surface area contributed by atoms with E-state index in [1.807, 2.05) is 0 Å². The van der Waals surface area contributed by atoms with Crippen LogP contribution in [0.15, 0.2) is 17.0 Å². The summed E-state index contributed by atoms with van der Waals surface area (Å²) in [6.45, 7) is 0.869. The quantitative estimate of drug-likeness (QED) is 0.673. The van der Waals surface area contributed by atoms with E-state index in [2.05, 4.69) is 0 Å². The average molecular weight is 278 g/mol. The van der Waals surface area contributed by atoms with Gasteiger partial charge >= 0.3 is 0 Å². The van der Waals surface area contributed by atoms with E-state index >= 15 is 0 Å². The Kier molecular flexibility index (Phi) is 4.25. The largest absolute Gasteiger partial charge is 0.399 e. The number of thioether (sulfide) groups is 1. The number of hydrogen-bond donors (Lipinski definition) is 1. The number of ether oxygens (including phenoxy) is 1. The fourth-order valence-corrected chi connectivity index (χ4v) is 3.51. The molecule has 0 aliphatic carbocycles. The highest BCUT2D eigenvalue weighted by molar-refractivity contribution is 7.99.